The number of H-pyrrole nitrogens is 2. The zero-order valence-corrected chi connectivity index (χ0v) is 13.2. The average molecular weight is 311 g/mol. The summed E-state index contributed by atoms with van der Waals surface area (Å²) < 4.78 is 0. The van der Waals surface area contributed by atoms with E-state index in [0.717, 1.165) is 22.3 Å². The number of amides is 1. The predicted molar refractivity (Wildman–Crippen MR) is 86.3 cm³/mol. The Morgan fingerprint density at radius 3 is 2.78 bits per heavy atom. The van der Waals surface area contributed by atoms with Crippen LogP contribution in [0.15, 0.2) is 23.1 Å². The molecule has 0 aliphatic rings. The molecule has 3 heterocycles. The van der Waals surface area contributed by atoms with Gasteiger partial charge in [-0.05, 0) is 38.5 Å². The van der Waals surface area contributed by atoms with Crippen molar-refractivity contribution in [1.29, 1.82) is 0 Å². The van der Waals surface area contributed by atoms with Gasteiger partial charge in [-0.15, -0.1) is 0 Å². The van der Waals surface area contributed by atoms with E-state index in [1.54, 1.807) is 6.07 Å². The maximum atomic E-state index is 12.3. The van der Waals surface area contributed by atoms with Crippen molar-refractivity contribution in [1.82, 2.24) is 25.5 Å². The Balaban J connectivity index is 1.81. The van der Waals surface area contributed by atoms with Crippen LogP contribution < -0.4 is 10.9 Å². The van der Waals surface area contributed by atoms with E-state index >= 15 is 0 Å². The van der Waals surface area contributed by atoms with E-state index < -0.39 is 0 Å². The summed E-state index contributed by atoms with van der Waals surface area (Å²) in [6.45, 7) is 5.72. The van der Waals surface area contributed by atoms with Crippen molar-refractivity contribution in [3.05, 3.63) is 56.8 Å². The van der Waals surface area contributed by atoms with Gasteiger partial charge < -0.3 is 10.3 Å². The lowest BCUT2D eigenvalue weighted by Gasteiger charge is -2.08. The lowest BCUT2D eigenvalue weighted by atomic mass is 10.1. The first kappa shape index (κ1) is 15.0. The number of aromatic nitrogens is 4. The quantitative estimate of drug-likeness (QED) is 0.682. The largest absolute Gasteiger partial charge is 0.348 e. The smallest absolute Gasteiger partial charge is 0.253 e. The van der Waals surface area contributed by atoms with Crippen LogP contribution in [0.5, 0.6) is 0 Å². The number of nitrogens with zero attached hydrogens (tertiary/aromatic N) is 2. The molecule has 3 N–H and O–H groups in total. The average Bonchev–Trinajstić information content (AvgIpc) is 2.87. The minimum absolute atomic E-state index is 0.169. The first-order valence-corrected chi connectivity index (χ1v) is 7.24. The van der Waals surface area contributed by atoms with Crippen molar-refractivity contribution >= 4 is 16.9 Å². The molecule has 7 nitrogen and oxygen atoms in total. The lowest BCUT2D eigenvalue weighted by molar-refractivity contribution is 0.0950. The Kier molecular flexibility index (Phi) is 3.69. The number of nitrogens with one attached hydrogen (secondary N) is 3. The van der Waals surface area contributed by atoms with E-state index in [0.29, 0.717) is 16.8 Å². The Labute approximate surface area is 132 Å². The maximum Gasteiger partial charge on any atom is 0.253 e. The highest BCUT2D eigenvalue weighted by Gasteiger charge is 2.12. The van der Waals surface area contributed by atoms with Gasteiger partial charge in [-0.25, -0.2) is 4.98 Å². The molecule has 0 aliphatic heterocycles. The standard InChI is InChI=1S/C16H17N5O2/c1-8-4-9(2)19-16(23)13(8)7-18-15(22)11-5-12-10(3)20-21-14(12)17-6-11/h4-6H,7H2,1-3H3,(H,18,22)(H,19,23)(H,17,20,21). The fourth-order valence-corrected chi connectivity index (χ4v) is 2.52. The fraction of sp³-hybridized carbons (Fsp3) is 0.250. The van der Waals surface area contributed by atoms with E-state index in [9.17, 15) is 9.59 Å². The second-order valence-corrected chi connectivity index (χ2v) is 5.57. The molecule has 0 fully saturated rings. The molecule has 0 bridgehead atoms. The van der Waals surface area contributed by atoms with Gasteiger partial charge in [0, 0.05) is 35.1 Å². The van der Waals surface area contributed by atoms with E-state index in [1.165, 1.54) is 6.20 Å². The summed E-state index contributed by atoms with van der Waals surface area (Å²) in [5.41, 5.74) is 3.89. The summed E-state index contributed by atoms with van der Waals surface area (Å²) in [6, 6.07) is 3.62. The summed E-state index contributed by atoms with van der Waals surface area (Å²) in [7, 11) is 0. The number of hydrogen-bond acceptors (Lipinski definition) is 4. The van der Waals surface area contributed by atoms with Crippen LogP contribution in [-0.2, 0) is 6.54 Å². The highest BCUT2D eigenvalue weighted by Crippen LogP contribution is 2.14. The lowest BCUT2D eigenvalue weighted by Crippen LogP contribution is -2.28. The Morgan fingerprint density at radius 1 is 1.26 bits per heavy atom. The molecule has 0 saturated carbocycles. The van der Waals surface area contributed by atoms with E-state index in [-0.39, 0.29) is 18.0 Å². The molecule has 0 aliphatic carbocycles. The minimum Gasteiger partial charge on any atom is -0.348 e. The van der Waals surface area contributed by atoms with Gasteiger partial charge in [-0.3, -0.25) is 14.7 Å². The predicted octanol–water partition coefficient (Wildman–Crippen LogP) is 1.50. The Bertz CT molecular complexity index is 955. The SMILES string of the molecule is Cc1cc(C)c(CNC(=O)c2cnc3n[nH]c(C)c3c2)c(=O)[nH]1. The third kappa shape index (κ3) is 2.85. The first-order valence-electron chi connectivity index (χ1n) is 7.24. The second-order valence-electron chi connectivity index (χ2n) is 5.57. The van der Waals surface area contributed by atoms with Crippen LogP contribution in [0.25, 0.3) is 11.0 Å². The normalized spacial score (nSPS) is 10.9. The fourth-order valence-electron chi connectivity index (χ4n) is 2.52. The first-order chi connectivity index (χ1) is 11.0. The summed E-state index contributed by atoms with van der Waals surface area (Å²) in [5.74, 6) is -0.278. The van der Waals surface area contributed by atoms with Crippen LogP contribution in [0, 0.1) is 20.8 Å². The molecule has 1 amide bonds. The van der Waals surface area contributed by atoms with Gasteiger partial charge in [0.25, 0.3) is 11.5 Å². The highest BCUT2D eigenvalue weighted by molar-refractivity contribution is 5.97. The van der Waals surface area contributed by atoms with Gasteiger partial charge >= 0.3 is 0 Å². The summed E-state index contributed by atoms with van der Waals surface area (Å²) >= 11 is 0. The monoisotopic (exact) mass is 311 g/mol. The third-order valence-electron chi connectivity index (χ3n) is 3.78. The Hall–Kier alpha value is -2.96. The Morgan fingerprint density at radius 2 is 2.04 bits per heavy atom. The van der Waals surface area contributed by atoms with Gasteiger partial charge in [0.05, 0.1) is 5.56 Å². The summed E-state index contributed by atoms with van der Waals surface area (Å²) in [5, 5.41) is 10.4. The van der Waals surface area contributed by atoms with Gasteiger partial charge in [0.15, 0.2) is 5.65 Å². The van der Waals surface area contributed by atoms with Crippen LogP contribution in [0.3, 0.4) is 0 Å². The van der Waals surface area contributed by atoms with Crippen LogP contribution in [0.1, 0.15) is 32.9 Å². The van der Waals surface area contributed by atoms with E-state index in [2.05, 4.69) is 25.5 Å². The maximum absolute atomic E-state index is 12.3. The molecule has 0 aromatic carbocycles. The molecule has 0 radical (unpaired) electrons. The highest BCUT2D eigenvalue weighted by atomic mass is 16.1. The molecule has 23 heavy (non-hydrogen) atoms. The number of carbonyl (C=O) groups excluding carboxylic acids is 1. The van der Waals surface area contributed by atoms with Crippen molar-refractivity contribution < 1.29 is 4.79 Å². The minimum atomic E-state index is -0.278. The number of hydrogen-bond donors (Lipinski definition) is 3. The number of carbonyl (C=O) groups is 1. The third-order valence-corrected chi connectivity index (χ3v) is 3.78. The molecule has 0 unspecified atom stereocenters. The molecule has 0 saturated heterocycles. The van der Waals surface area contributed by atoms with Crippen LogP contribution in [0.2, 0.25) is 0 Å². The number of pyridine rings is 2. The van der Waals surface area contributed by atoms with Crippen LogP contribution in [0.4, 0.5) is 0 Å². The van der Waals surface area contributed by atoms with Gasteiger partial charge in [0.2, 0.25) is 0 Å². The number of fused-ring (bicyclic) bond motifs is 1. The number of aromatic amines is 2. The molecule has 0 spiro atoms. The molecule has 0 atom stereocenters. The van der Waals surface area contributed by atoms with Crippen LogP contribution in [-0.4, -0.2) is 26.1 Å². The molecule has 3 rings (SSSR count). The van der Waals surface area contributed by atoms with Crippen molar-refractivity contribution in [2.24, 2.45) is 0 Å². The molecule has 3 aromatic rings. The van der Waals surface area contributed by atoms with Crippen molar-refractivity contribution in [3.8, 4) is 0 Å². The molecular weight excluding hydrogens is 294 g/mol. The van der Waals surface area contributed by atoms with E-state index in [1.807, 2.05) is 26.8 Å². The summed E-state index contributed by atoms with van der Waals surface area (Å²) in [6.07, 6.45) is 1.48. The van der Waals surface area contributed by atoms with Crippen molar-refractivity contribution in [2.45, 2.75) is 27.3 Å². The van der Waals surface area contributed by atoms with Gasteiger partial charge in [0.1, 0.15) is 0 Å². The van der Waals surface area contributed by atoms with Crippen molar-refractivity contribution in [3.63, 3.8) is 0 Å². The molecular formula is C16H17N5O2. The molecule has 3 aromatic heterocycles. The molecule has 7 heteroatoms. The van der Waals surface area contributed by atoms with Crippen molar-refractivity contribution in [2.75, 3.05) is 0 Å². The van der Waals surface area contributed by atoms with Gasteiger partial charge in [-0.1, -0.05) is 0 Å². The number of rotatable bonds is 3. The van der Waals surface area contributed by atoms with Crippen LogP contribution >= 0.6 is 0 Å². The second kappa shape index (κ2) is 5.68. The molecule has 118 valence electrons. The van der Waals surface area contributed by atoms with Gasteiger partial charge in [-0.2, -0.15) is 5.10 Å². The number of aryl methyl sites for hydroxylation is 3. The topological polar surface area (TPSA) is 104 Å². The zero-order chi connectivity index (χ0) is 16.6. The van der Waals surface area contributed by atoms with E-state index in [4.69, 9.17) is 0 Å². The zero-order valence-electron chi connectivity index (χ0n) is 13.2. The summed E-state index contributed by atoms with van der Waals surface area (Å²) in [4.78, 5) is 31.1.